The van der Waals surface area contributed by atoms with Crippen molar-refractivity contribution in [3.8, 4) is 11.5 Å². The number of hydrogen-bond donors (Lipinski definition) is 1. The molecule has 138 valence electrons. The molecule has 1 saturated heterocycles. The van der Waals surface area contributed by atoms with Gasteiger partial charge in [-0.05, 0) is 36.4 Å². The Bertz CT molecular complexity index is 911. The van der Waals surface area contributed by atoms with Crippen molar-refractivity contribution in [3.63, 3.8) is 0 Å². The maximum absolute atomic E-state index is 12.7. The van der Waals surface area contributed by atoms with E-state index in [0.717, 1.165) is 0 Å². The maximum Gasteiger partial charge on any atom is 0.252 e. The second kappa shape index (κ2) is 6.90. The van der Waals surface area contributed by atoms with Gasteiger partial charge in [0.15, 0.2) is 11.5 Å². The number of piperidine rings is 1. The van der Waals surface area contributed by atoms with Crippen LogP contribution < -0.4 is 14.8 Å². The van der Waals surface area contributed by atoms with E-state index < -0.39 is 10.0 Å². The van der Waals surface area contributed by atoms with Crippen LogP contribution in [0.2, 0.25) is 0 Å². The highest BCUT2D eigenvalue weighted by atomic mass is 32.2. The molecular formula is C17H18N2O5S2. The predicted octanol–water partition coefficient (Wildman–Crippen LogP) is 2.52. The fourth-order valence-corrected chi connectivity index (χ4v) is 5.80. The molecule has 3 heterocycles. The third-order valence-corrected chi connectivity index (χ3v) is 7.72. The van der Waals surface area contributed by atoms with E-state index in [-0.39, 0.29) is 25.2 Å². The maximum atomic E-state index is 12.7. The molecule has 26 heavy (non-hydrogen) atoms. The van der Waals surface area contributed by atoms with Gasteiger partial charge in [0.1, 0.15) is 4.21 Å². The van der Waals surface area contributed by atoms with Gasteiger partial charge in [-0.15, -0.1) is 11.3 Å². The number of nitrogens with one attached hydrogen (secondary N) is 1. The van der Waals surface area contributed by atoms with E-state index >= 15 is 0 Å². The van der Waals surface area contributed by atoms with E-state index in [0.29, 0.717) is 40.8 Å². The summed E-state index contributed by atoms with van der Waals surface area (Å²) in [6, 6.07) is 8.51. The van der Waals surface area contributed by atoms with Gasteiger partial charge in [-0.25, -0.2) is 8.42 Å². The Labute approximate surface area is 155 Å². The lowest BCUT2D eigenvalue weighted by Gasteiger charge is -2.30. The Morgan fingerprint density at radius 1 is 1.23 bits per heavy atom. The summed E-state index contributed by atoms with van der Waals surface area (Å²) in [5, 5.41) is 4.59. The highest BCUT2D eigenvalue weighted by Gasteiger charge is 2.33. The largest absolute Gasteiger partial charge is 0.454 e. The van der Waals surface area contributed by atoms with Gasteiger partial charge >= 0.3 is 0 Å². The fraction of sp³-hybridized carbons (Fsp3) is 0.353. The Hall–Kier alpha value is -2.10. The summed E-state index contributed by atoms with van der Waals surface area (Å²) in [4.78, 5) is 12.6. The number of carbonyl (C=O) groups excluding carboxylic acids is 1. The van der Waals surface area contributed by atoms with Crippen LogP contribution in [-0.2, 0) is 14.8 Å². The third-order valence-electron chi connectivity index (χ3n) is 4.48. The van der Waals surface area contributed by atoms with Crippen LogP contribution in [0, 0.1) is 5.92 Å². The molecule has 0 bridgehead atoms. The van der Waals surface area contributed by atoms with Crippen molar-refractivity contribution in [2.45, 2.75) is 17.1 Å². The number of amides is 1. The van der Waals surface area contributed by atoms with Crippen molar-refractivity contribution >= 4 is 33.0 Å². The van der Waals surface area contributed by atoms with Gasteiger partial charge in [-0.2, -0.15) is 4.31 Å². The Balaban J connectivity index is 1.45. The average Bonchev–Trinajstić information content (AvgIpc) is 3.33. The second-order valence-electron chi connectivity index (χ2n) is 6.19. The molecule has 1 fully saturated rings. The molecule has 2 aromatic rings. The molecule has 2 aliphatic heterocycles. The molecule has 0 aliphatic carbocycles. The Morgan fingerprint density at radius 2 is 2.08 bits per heavy atom. The molecule has 1 N–H and O–H groups in total. The summed E-state index contributed by atoms with van der Waals surface area (Å²) in [6.45, 7) is 0.801. The van der Waals surface area contributed by atoms with Crippen LogP contribution in [0.1, 0.15) is 12.8 Å². The minimum Gasteiger partial charge on any atom is -0.454 e. The lowest BCUT2D eigenvalue weighted by Crippen LogP contribution is -2.43. The van der Waals surface area contributed by atoms with E-state index in [1.807, 2.05) is 0 Å². The summed E-state index contributed by atoms with van der Waals surface area (Å²) < 4.78 is 37.6. The number of rotatable bonds is 4. The highest BCUT2D eigenvalue weighted by Crippen LogP contribution is 2.34. The van der Waals surface area contributed by atoms with Crippen LogP contribution in [0.15, 0.2) is 39.9 Å². The molecule has 4 rings (SSSR count). The zero-order valence-corrected chi connectivity index (χ0v) is 15.5. The molecular weight excluding hydrogens is 376 g/mol. The van der Waals surface area contributed by atoms with Crippen LogP contribution in [-0.4, -0.2) is 38.5 Å². The zero-order chi connectivity index (χ0) is 18.1. The number of benzene rings is 1. The molecule has 7 nitrogen and oxygen atoms in total. The van der Waals surface area contributed by atoms with Gasteiger partial charge in [0.2, 0.25) is 12.7 Å². The number of carbonyl (C=O) groups is 1. The first-order valence-corrected chi connectivity index (χ1v) is 10.6. The van der Waals surface area contributed by atoms with Gasteiger partial charge < -0.3 is 14.8 Å². The van der Waals surface area contributed by atoms with E-state index in [4.69, 9.17) is 9.47 Å². The second-order valence-corrected chi connectivity index (χ2v) is 9.30. The predicted molar refractivity (Wildman–Crippen MR) is 97.0 cm³/mol. The normalized spacial score (nSPS) is 20.1. The van der Waals surface area contributed by atoms with Crippen LogP contribution in [0.4, 0.5) is 5.69 Å². The molecule has 2 aliphatic rings. The van der Waals surface area contributed by atoms with E-state index in [2.05, 4.69) is 5.32 Å². The Morgan fingerprint density at radius 3 is 2.88 bits per heavy atom. The monoisotopic (exact) mass is 394 g/mol. The minimum atomic E-state index is -3.53. The number of anilines is 1. The summed E-state index contributed by atoms with van der Waals surface area (Å²) in [5.41, 5.74) is 0.609. The van der Waals surface area contributed by atoms with Crippen molar-refractivity contribution in [1.82, 2.24) is 4.31 Å². The third kappa shape index (κ3) is 3.29. The van der Waals surface area contributed by atoms with Gasteiger partial charge in [-0.3, -0.25) is 4.79 Å². The van der Waals surface area contributed by atoms with E-state index in [9.17, 15) is 13.2 Å². The standard InChI is InChI=1S/C17H18N2O5S2/c20-17(18-13-5-6-14-15(9-13)24-11-23-14)12-3-1-7-19(10-12)26(21,22)16-4-2-8-25-16/h2,4-6,8-9,12H,1,3,7,10-11H2,(H,18,20)/t12-/m0/s1. The van der Waals surface area contributed by atoms with Gasteiger partial charge in [0.05, 0.1) is 5.92 Å². The van der Waals surface area contributed by atoms with E-state index in [1.165, 1.54) is 15.6 Å². The fourth-order valence-electron chi connectivity index (χ4n) is 3.13. The number of thiophene rings is 1. The lowest BCUT2D eigenvalue weighted by atomic mass is 9.98. The summed E-state index contributed by atoms with van der Waals surface area (Å²) in [6.07, 6.45) is 1.32. The van der Waals surface area contributed by atoms with E-state index in [1.54, 1.807) is 35.7 Å². The summed E-state index contributed by atoms with van der Waals surface area (Å²) in [7, 11) is -3.53. The summed E-state index contributed by atoms with van der Waals surface area (Å²) in [5.74, 6) is 0.668. The molecule has 1 amide bonds. The van der Waals surface area contributed by atoms with Gasteiger partial charge in [0, 0.05) is 24.8 Å². The first-order chi connectivity index (χ1) is 12.5. The van der Waals surface area contributed by atoms with Crippen molar-refractivity contribution in [1.29, 1.82) is 0 Å². The molecule has 0 unspecified atom stereocenters. The quantitative estimate of drug-likeness (QED) is 0.861. The molecule has 9 heteroatoms. The number of ether oxygens (including phenoxy) is 2. The zero-order valence-electron chi connectivity index (χ0n) is 13.9. The first kappa shape index (κ1) is 17.3. The van der Waals surface area contributed by atoms with Crippen molar-refractivity contribution in [2.24, 2.45) is 5.92 Å². The van der Waals surface area contributed by atoms with Crippen LogP contribution in [0.5, 0.6) is 11.5 Å². The highest BCUT2D eigenvalue weighted by molar-refractivity contribution is 7.91. The molecule has 1 aromatic carbocycles. The number of fused-ring (bicyclic) bond motifs is 1. The number of sulfonamides is 1. The molecule has 1 aromatic heterocycles. The topological polar surface area (TPSA) is 84.9 Å². The minimum absolute atomic E-state index is 0.172. The van der Waals surface area contributed by atoms with Crippen molar-refractivity contribution in [2.75, 3.05) is 25.2 Å². The molecule has 0 radical (unpaired) electrons. The van der Waals surface area contributed by atoms with Crippen molar-refractivity contribution < 1.29 is 22.7 Å². The Kier molecular flexibility index (Phi) is 4.60. The number of nitrogens with zero attached hydrogens (tertiary/aromatic N) is 1. The lowest BCUT2D eigenvalue weighted by molar-refractivity contribution is -0.120. The first-order valence-electron chi connectivity index (χ1n) is 8.28. The van der Waals surface area contributed by atoms with Crippen molar-refractivity contribution in [3.05, 3.63) is 35.7 Å². The van der Waals surface area contributed by atoms with Crippen LogP contribution in [0.25, 0.3) is 0 Å². The molecule has 0 spiro atoms. The average molecular weight is 394 g/mol. The van der Waals surface area contributed by atoms with Crippen LogP contribution in [0.3, 0.4) is 0 Å². The number of hydrogen-bond acceptors (Lipinski definition) is 6. The van der Waals surface area contributed by atoms with Gasteiger partial charge in [0.25, 0.3) is 10.0 Å². The summed E-state index contributed by atoms with van der Waals surface area (Å²) >= 11 is 1.19. The SMILES string of the molecule is O=C(Nc1ccc2c(c1)OCO2)[C@H]1CCCN(S(=O)(=O)c2cccs2)C1. The van der Waals surface area contributed by atoms with Gasteiger partial charge in [-0.1, -0.05) is 6.07 Å². The van der Waals surface area contributed by atoms with Crippen LogP contribution >= 0.6 is 11.3 Å². The molecule has 0 saturated carbocycles. The smallest absolute Gasteiger partial charge is 0.252 e. The molecule has 1 atom stereocenters.